The maximum absolute atomic E-state index is 13.1. The van der Waals surface area contributed by atoms with Crippen LogP contribution in [0.4, 0.5) is 14.5 Å². The van der Waals surface area contributed by atoms with Gasteiger partial charge in [-0.1, -0.05) is 6.07 Å². The average molecular weight is 362 g/mol. The summed E-state index contributed by atoms with van der Waals surface area (Å²) >= 11 is 0. The molecule has 0 fully saturated rings. The number of anilines is 1. The van der Waals surface area contributed by atoms with Crippen molar-refractivity contribution in [1.82, 2.24) is 0 Å². The van der Waals surface area contributed by atoms with E-state index in [1.165, 1.54) is 25.3 Å². The van der Waals surface area contributed by atoms with Gasteiger partial charge in [-0.25, -0.2) is 8.78 Å². The van der Waals surface area contributed by atoms with E-state index in [0.29, 0.717) is 17.1 Å². The molecule has 2 rings (SSSR count). The molecule has 0 radical (unpaired) electrons. The van der Waals surface area contributed by atoms with Crippen LogP contribution in [0, 0.1) is 11.6 Å². The standard InChI is InChI=1S/C18H16F2N2O4/c1-25-16-8-11(2-6-15(16)26-10-17(21)23)3-7-18(24)22-12-4-5-13(19)14(20)9-12/h2-9H,10H2,1H3,(H2,21,23)(H,22,24)/b7-3+. The first kappa shape index (κ1) is 18.9. The highest BCUT2D eigenvalue weighted by Crippen LogP contribution is 2.28. The Hall–Kier alpha value is -3.42. The Bertz CT molecular complexity index is 853. The minimum absolute atomic E-state index is 0.131. The third-order valence-corrected chi connectivity index (χ3v) is 3.17. The van der Waals surface area contributed by atoms with Gasteiger partial charge in [0.05, 0.1) is 7.11 Å². The van der Waals surface area contributed by atoms with E-state index in [4.69, 9.17) is 15.2 Å². The number of primary amides is 1. The van der Waals surface area contributed by atoms with Crippen LogP contribution in [-0.4, -0.2) is 25.5 Å². The van der Waals surface area contributed by atoms with Gasteiger partial charge in [-0.15, -0.1) is 0 Å². The predicted molar refractivity (Wildman–Crippen MR) is 91.7 cm³/mol. The van der Waals surface area contributed by atoms with Gasteiger partial charge in [-0.2, -0.15) is 0 Å². The number of benzene rings is 2. The molecule has 0 bridgehead atoms. The number of rotatable bonds is 7. The van der Waals surface area contributed by atoms with E-state index in [1.807, 2.05) is 0 Å². The average Bonchev–Trinajstić information content (AvgIpc) is 2.61. The van der Waals surface area contributed by atoms with Crippen LogP contribution >= 0.6 is 0 Å². The largest absolute Gasteiger partial charge is 0.493 e. The van der Waals surface area contributed by atoms with Gasteiger partial charge in [-0.05, 0) is 35.9 Å². The number of halogens is 2. The molecule has 0 aliphatic carbocycles. The SMILES string of the molecule is COc1cc(/C=C/C(=O)Nc2ccc(F)c(F)c2)ccc1OCC(N)=O. The quantitative estimate of drug-likeness (QED) is 0.741. The Balaban J connectivity index is 2.05. The maximum atomic E-state index is 13.1. The minimum atomic E-state index is -1.05. The number of nitrogens with one attached hydrogen (secondary N) is 1. The number of ether oxygens (including phenoxy) is 2. The lowest BCUT2D eigenvalue weighted by Gasteiger charge is -2.10. The third-order valence-electron chi connectivity index (χ3n) is 3.17. The second-order valence-electron chi connectivity index (χ2n) is 5.12. The lowest BCUT2D eigenvalue weighted by atomic mass is 10.2. The van der Waals surface area contributed by atoms with Crippen LogP contribution in [0.2, 0.25) is 0 Å². The Morgan fingerprint density at radius 3 is 2.54 bits per heavy atom. The number of hydrogen-bond donors (Lipinski definition) is 2. The first-order valence-electron chi connectivity index (χ1n) is 7.42. The molecular formula is C18H16F2N2O4. The molecule has 2 aromatic rings. The van der Waals surface area contributed by atoms with E-state index in [0.717, 1.165) is 12.1 Å². The zero-order valence-corrected chi connectivity index (χ0v) is 13.8. The summed E-state index contributed by atoms with van der Waals surface area (Å²) in [4.78, 5) is 22.6. The molecule has 0 heterocycles. The van der Waals surface area contributed by atoms with Gasteiger partial charge >= 0.3 is 0 Å². The van der Waals surface area contributed by atoms with Crippen LogP contribution < -0.4 is 20.5 Å². The Labute approximate surface area is 148 Å². The third kappa shape index (κ3) is 5.30. The first-order chi connectivity index (χ1) is 12.4. The van der Waals surface area contributed by atoms with Crippen molar-refractivity contribution in [2.75, 3.05) is 19.0 Å². The van der Waals surface area contributed by atoms with Gasteiger partial charge in [0, 0.05) is 17.8 Å². The summed E-state index contributed by atoms with van der Waals surface area (Å²) in [5.41, 5.74) is 5.77. The highest BCUT2D eigenvalue weighted by atomic mass is 19.2. The first-order valence-corrected chi connectivity index (χ1v) is 7.42. The molecule has 0 aliphatic heterocycles. The summed E-state index contributed by atoms with van der Waals surface area (Å²) in [6.45, 7) is -0.290. The van der Waals surface area contributed by atoms with Crippen LogP contribution in [0.15, 0.2) is 42.5 Å². The summed E-state index contributed by atoms with van der Waals surface area (Å²) in [6.07, 6.45) is 2.72. The summed E-state index contributed by atoms with van der Waals surface area (Å²) in [5.74, 6) is -2.51. The number of carbonyl (C=O) groups is 2. The molecule has 0 unspecified atom stereocenters. The molecule has 3 N–H and O–H groups in total. The molecule has 26 heavy (non-hydrogen) atoms. The van der Waals surface area contributed by atoms with E-state index in [-0.39, 0.29) is 12.3 Å². The predicted octanol–water partition coefficient (Wildman–Crippen LogP) is 2.49. The Morgan fingerprint density at radius 1 is 1.12 bits per heavy atom. The second-order valence-corrected chi connectivity index (χ2v) is 5.12. The van der Waals surface area contributed by atoms with Crippen LogP contribution in [0.25, 0.3) is 6.08 Å². The topological polar surface area (TPSA) is 90.7 Å². The van der Waals surface area contributed by atoms with Gasteiger partial charge in [0.2, 0.25) is 5.91 Å². The number of nitrogens with two attached hydrogens (primary N) is 1. The lowest BCUT2D eigenvalue weighted by molar-refractivity contribution is -0.120. The van der Waals surface area contributed by atoms with E-state index >= 15 is 0 Å². The molecular weight excluding hydrogens is 346 g/mol. The summed E-state index contributed by atoms with van der Waals surface area (Å²) in [6, 6.07) is 7.85. The lowest BCUT2D eigenvalue weighted by Crippen LogP contribution is -2.20. The molecule has 8 heteroatoms. The summed E-state index contributed by atoms with van der Waals surface area (Å²) < 4.78 is 36.3. The number of methoxy groups -OCH3 is 1. The van der Waals surface area contributed by atoms with Gasteiger partial charge in [-0.3, -0.25) is 9.59 Å². The maximum Gasteiger partial charge on any atom is 0.255 e. The van der Waals surface area contributed by atoms with Crippen molar-refractivity contribution in [2.24, 2.45) is 5.73 Å². The normalized spacial score (nSPS) is 10.6. The molecule has 0 spiro atoms. The molecule has 0 aliphatic rings. The van der Waals surface area contributed by atoms with Crippen molar-refractivity contribution in [1.29, 1.82) is 0 Å². The minimum Gasteiger partial charge on any atom is -0.493 e. The smallest absolute Gasteiger partial charge is 0.255 e. The number of carbonyl (C=O) groups excluding carboxylic acids is 2. The van der Waals surface area contributed by atoms with Gasteiger partial charge in [0.1, 0.15) is 0 Å². The van der Waals surface area contributed by atoms with Crippen molar-refractivity contribution < 1.29 is 27.8 Å². The zero-order valence-electron chi connectivity index (χ0n) is 13.8. The number of amides is 2. The van der Waals surface area contributed by atoms with Crippen LogP contribution in [0.5, 0.6) is 11.5 Å². The summed E-state index contributed by atoms with van der Waals surface area (Å²) in [7, 11) is 1.43. The number of hydrogen-bond acceptors (Lipinski definition) is 4. The van der Waals surface area contributed by atoms with E-state index in [2.05, 4.69) is 5.32 Å². The molecule has 0 saturated heterocycles. The van der Waals surface area contributed by atoms with Crippen molar-refractivity contribution in [3.8, 4) is 11.5 Å². The van der Waals surface area contributed by atoms with Crippen molar-refractivity contribution in [3.05, 3.63) is 59.7 Å². The van der Waals surface area contributed by atoms with Crippen molar-refractivity contribution >= 4 is 23.6 Å². The van der Waals surface area contributed by atoms with Gasteiger partial charge in [0.15, 0.2) is 29.7 Å². The van der Waals surface area contributed by atoms with Gasteiger partial charge < -0.3 is 20.5 Å². The van der Waals surface area contributed by atoms with Gasteiger partial charge in [0.25, 0.3) is 5.91 Å². The van der Waals surface area contributed by atoms with Crippen LogP contribution in [0.1, 0.15) is 5.56 Å². The second kappa shape index (κ2) is 8.61. The summed E-state index contributed by atoms with van der Waals surface area (Å²) in [5, 5.41) is 2.41. The van der Waals surface area contributed by atoms with E-state index in [9.17, 15) is 18.4 Å². The molecule has 0 aromatic heterocycles. The highest BCUT2D eigenvalue weighted by molar-refractivity contribution is 6.01. The van der Waals surface area contributed by atoms with Crippen LogP contribution in [-0.2, 0) is 9.59 Å². The van der Waals surface area contributed by atoms with Crippen molar-refractivity contribution in [2.45, 2.75) is 0 Å². The fraction of sp³-hybridized carbons (Fsp3) is 0.111. The fourth-order valence-electron chi connectivity index (χ4n) is 1.99. The molecule has 6 nitrogen and oxygen atoms in total. The van der Waals surface area contributed by atoms with E-state index in [1.54, 1.807) is 18.2 Å². The van der Waals surface area contributed by atoms with E-state index < -0.39 is 23.4 Å². The molecule has 0 atom stereocenters. The Kier molecular flexibility index (Phi) is 6.26. The fourth-order valence-corrected chi connectivity index (χ4v) is 1.99. The molecule has 2 amide bonds. The zero-order chi connectivity index (χ0) is 19.1. The van der Waals surface area contributed by atoms with Crippen LogP contribution in [0.3, 0.4) is 0 Å². The van der Waals surface area contributed by atoms with Crippen molar-refractivity contribution in [3.63, 3.8) is 0 Å². The molecule has 136 valence electrons. The monoisotopic (exact) mass is 362 g/mol. The highest BCUT2D eigenvalue weighted by Gasteiger charge is 2.07. The molecule has 0 saturated carbocycles. The molecule has 2 aromatic carbocycles. The Morgan fingerprint density at radius 2 is 1.88 bits per heavy atom.